The van der Waals surface area contributed by atoms with E-state index in [9.17, 15) is 9.59 Å². The highest BCUT2D eigenvalue weighted by Gasteiger charge is 2.59. The van der Waals surface area contributed by atoms with E-state index in [0.29, 0.717) is 17.4 Å². The molecule has 2 amide bonds. The van der Waals surface area contributed by atoms with Crippen molar-refractivity contribution >= 4 is 29.2 Å². The monoisotopic (exact) mass is 353 g/mol. The summed E-state index contributed by atoms with van der Waals surface area (Å²) < 4.78 is 1.74. The van der Waals surface area contributed by atoms with Gasteiger partial charge in [-0.15, -0.1) is 0 Å². The first kappa shape index (κ1) is 14.9. The van der Waals surface area contributed by atoms with Crippen LogP contribution in [0.15, 0.2) is 48.7 Å². The van der Waals surface area contributed by atoms with Gasteiger partial charge in [-0.2, -0.15) is 5.10 Å². The van der Waals surface area contributed by atoms with Crippen molar-refractivity contribution in [1.82, 2.24) is 9.78 Å². The highest BCUT2D eigenvalue weighted by Crippen LogP contribution is 2.53. The minimum Gasteiger partial charge on any atom is -0.274 e. The molecular formula is C19H16ClN3O2. The number of hydrogen-bond acceptors (Lipinski definition) is 3. The molecule has 6 heteroatoms. The number of nitrogens with zero attached hydrogens (tertiary/aromatic N) is 3. The molecule has 1 aliphatic heterocycles. The summed E-state index contributed by atoms with van der Waals surface area (Å²) in [7, 11) is 0. The maximum absolute atomic E-state index is 12.8. The molecule has 1 saturated carbocycles. The van der Waals surface area contributed by atoms with E-state index in [2.05, 4.69) is 17.3 Å². The van der Waals surface area contributed by atoms with Crippen molar-refractivity contribution in [2.45, 2.75) is 13.0 Å². The summed E-state index contributed by atoms with van der Waals surface area (Å²) in [6, 6.07) is 9.27. The molecule has 2 fully saturated rings. The molecule has 3 aliphatic rings. The Kier molecular flexibility index (Phi) is 3.16. The highest BCUT2D eigenvalue weighted by atomic mass is 35.5. The third-order valence-corrected chi connectivity index (χ3v) is 5.84. The zero-order chi connectivity index (χ0) is 17.1. The normalized spacial score (nSPS) is 29.7. The van der Waals surface area contributed by atoms with Crippen LogP contribution in [0.25, 0.3) is 0 Å². The Bertz CT molecular complexity index is 872. The molecule has 4 atom stereocenters. The van der Waals surface area contributed by atoms with Crippen molar-refractivity contribution in [3.8, 4) is 0 Å². The van der Waals surface area contributed by atoms with Crippen molar-refractivity contribution in [3.05, 3.63) is 59.3 Å². The first-order chi connectivity index (χ1) is 12.1. The third kappa shape index (κ3) is 2.19. The number of imide groups is 1. The zero-order valence-electron chi connectivity index (χ0n) is 13.4. The number of carbonyl (C=O) groups is 2. The van der Waals surface area contributed by atoms with Gasteiger partial charge in [-0.1, -0.05) is 35.9 Å². The molecule has 126 valence electrons. The second-order valence-corrected chi connectivity index (χ2v) is 7.45. The van der Waals surface area contributed by atoms with Gasteiger partial charge in [0.2, 0.25) is 11.8 Å². The summed E-state index contributed by atoms with van der Waals surface area (Å²) in [5, 5.41) is 5.14. The Hall–Kier alpha value is -2.40. The van der Waals surface area contributed by atoms with E-state index in [0.717, 1.165) is 12.0 Å². The number of carbonyl (C=O) groups excluding carboxylic acids is 2. The molecule has 1 aromatic heterocycles. The lowest BCUT2D eigenvalue weighted by Crippen LogP contribution is -2.33. The fraction of sp³-hybridized carbons (Fsp3) is 0.316. The van der Waals surface area contributed by atoms with Gasteiger partial charge in [0, 0.05) is 17.3 Å². The minimum absolute atomic E-state index is 0.0939. The van der Waals surface area contributed by atoms with Crippen LogP contribution >= 0.6 is 11.6 Å². The number of benzene rings is 1. The quantitative estimate of drug-likeness (QED) is 0.629. The van der Waals surface area contributed by atoms with E-state index in [-0.39, 0.29) is 35.5 Å². The van der Waals surface area contributed by atoms with Crippen LogP contribution in [-0.4, -0.2) is 21.6 Å². The van der Waals surface area contributed by atoms with Gasteiger partial charge in [-0.3, -0.25) is 14.3 Å². The first-order valence-electron chi connectivity index (χ1n) is 8.46. The number of amides is 2. The van der Waals surface area contributed by atoms with E-state index in [4.69, 9.17) is 11.6 Å². The Morgan fingerprint density at radius 3 is 2.28 bits per heavy atom. The standard InChI is InChI=1S/C19H16ClN3O2/c20-14-5-1-11(2-6-14)10-22-8-7-15(21-22)23-18(24)16-12-3-4-13(9-12)17(16)19(23)25/h1-8,12-13,16-17H,9-10H2/t12-,13+,16-,17-/m0/s1. The predicted octanol–water partition coefficient (Wildman–Crippen LogP) is 2.90. The minimum atomic E-state index is -0.191. The van der Waals surface area contributed by atoms with Crippen LogP contribution < -0.4 is 4.90 Å². The third-order valence-electron chi connectivity index (χ3n) is 5.58. The zero-order valence-corrected chi connectivity index (χ0v) is 14.1. The lowest BCUT2D eigenvalue weighted by Gasteiger charge is -2.14. The lowest BCUT2D eigenvalue weighted by molar-refractivity contribution is -0.123. The van der Waals surface area contributed by atoms with Gasteiger partial charge in [0.05, 0.1) is 18.4 Å². The summed E-state index contributed by atoms with van der Waals surface area (Å²) in [6.07, 6.45) is 6.93. The molecule has 5 nitrogen and oxygen atoms in total. The van der Waals surface area contributed by atoms with Gasteiger partial charge in [0.15, 0.2) is 5.82 Å². The fourth-order valence-corrected chi connectivity index (χ4v) is 4.59. The maximum atomic E-state index is 12.8. The van der Waals surface area contributed by atoms with Crippen molar-refractivity contribution < 1.29 is 9.59 Å². The summed E-state index contributed by atoms with van der Waals surface area (Å²) in [5.41, 5.74) is 1.05. The van der Waals surface area contributed by atoms with E-state index >= 15 is 0 Å². The fourth-order valence-electron chi connectivity index (χ4n) is 4.46. The first-order valence-corrected chi connectivity index (χ1v) is 8.83. The van der Waals surface area contributed by atoms with Gasteiger partial charge in [-0.25, -0.2) is 4.90 Å². The lowest BCUT2D eigenvalue weighted by atomic mass is 9.85. The molecule has 2 aliphatic carbocycles. The van der Waals surface area contributed by atoms with E-state index in [1.165, 1.54) is 4.90 Å². The number of rotatable bonds is 3. The molecular weight excluding hydrogens is 338 g/mol. The number of halogens is 1. The largest absolute Gasteiger partial charge is 0.274 e. The number of fused-ring (bicyclic) bond motifs is 5. The van der Waals surface area contributed by atoms with Crippen molar-refractivity contribution in [1.29, 1.82) is 0 Å². The van der Waals surface area contributed by atoms with E-state index in [1.807, 2.05) is 24.3 Å². The number of allylic oxidation sites excluding steroid dienone is 2. The van der Waals surface area contributed by atoms with Crippen LogP contribution in [0, 0.1) is 23.7 Å². The van der Waals surface area contributed by atoms with Crippen LogP contribution in [0.3, 0.4) is 0 Å². The molecule has 25 heavy (non-hydrogen) atoms. The van der Waals surface area contributed by atoms with Crippen molar-refractivity contribution in [3.63, 3.8) is 0 Å². The van der Waals surface area contributed by atoms with Crippen molar-refractivity contribution in [2.75, 3.05) is 4.90 Å². The summed E-state index contributed by atoms with van der Waals surface area (Å²) >= 11 is 5.90. The van der Waals surface area contributed by atoms with E-state index in [1.54, 1.807) is 16.9 Å². The molecule has 0 unspecified atom stereocenters. The Balaban J connectivity index is 1.40. The smallest absolute Gasteiger partial charge is 0.239 e. The number of aromatic nitrogens is 2. The molecule has 0 radical (unpaired) electrons. The van der Waals surface area contributed by atoms with E-state index < -0.39 is 0 Å². The van der Waals surface area contributed by atoms with Gasteiger partial charge >= 0.3 is 0 Å². The maximum Gasteiger partial charge on any atom is 0.239 e. The molecule has 5 rings (SSSR count). The van der Waals surface area contributed by atoms with Crippen LogP contribution in [0.2, 0.25) is 5.02 Å². The van der Waals surface area contributed by atoms with Gasteiger partial charge in [0.1, 0.15) is 0 Å². The molecule has 2 aromatic rings. The molecule has 1 saturated heterocycles. The van der Waals surface area contributed by atoms with Crippen LogP contribution in [0.5, 0.6) is 0 Å². The summed E-state index contributed by atoms with van der Waals surface area (Å²) in [5.74, 6) is 0.290. The van der Waals surface area contributed by atoms with Crippen LogP contribution in [-0.2, 0) is 16.1 Å². The number of anilines is 1. The molecule has 0 N–H and O–H groups in total. The molecule has 0 spiro atoms. The molecule has 1 aromatic carbocycles. The highest BCUT2D eigenvalue weighted by molar-refractivity contribution is 6.30. The topological polar surface area (TPSA) is 55.2 Å². The van der Waals surface area contributed by atoms with Crippen LogP contribution in [0.4, 0.5) is 5.82 Å². The average Bonchev–Trinajstić information content (AvgIpc) is 3.35. The molecule has 2 heterocycles. The molecule has 2 bridgehead atoms. The second-order valence-electron chi connectivity index (χ2n) is 7.01. The SMILES string of the molecule is O=C1[C@@H]2[C@@H](C(=O)N1c1ccn(Cc3ccc(Cl)cc3)n1)[C@H]1C=C[C@@H]2C1. The average molecular weight is 354 g/mol. The van der Waals surface area contributed by atoms with Gasteiger partial charge in [0.25, 0.3) is 0 Å². The second kappa shape index (κ2) is 5.30. The van der Waals surface area contributed by atoms with Crippen molar-refractivity contribution in [2.24, 2.45) is 23.7 Å². The predicted molar refractivity (Wildman–Crippen MR) is 93.0 cm³/mol. The van der Waals surface area contributed by atoms with Gasteiger partial charge < -0.3 is 0 Å². The summed E-state index contributed by atoms with van der Waals surface area (Å²) in [6.45, 7) is 0.563. The van der Waals surface area contributed by atoms with Crippen LogP contribution in [0.1, 0.15) is 12.0 Å². The summed E-state index contributed by atoms with van der Waals surface area (Å²) in [4.78, 5) is 26.9. The van der Waals surface area contributed by atoms with Gasteiger partial charge in [-0.05, 0) is 36.0 Å². The Morgan fingerprint density at radius 1 is 1.00 bits per heavy atom. The Morgan fingerprint density at radius 2 is 1.64 bits per heavy atom. The Labute approximate surface area is 149 Å². The number of hydrogen-bond donors (Lipinski definition) is 0.